The molecule has 0 bridgehead atoms. The average Bonchev–Trinajstić information content (AvgIpc) is 2.77. The van der Waals surface area contributed by atoms with Crippen LogP contribution in [0.1, 0.15) is 17.5 Å². The summed E-state index contributed by atoms with van der Waals surface area (Å²) >= 11 is 1.38. The van der Waals surface area contributed by atoms with Crippen molar-refractivity contribution >= 4 is 27.8 Å². The maximum absolute atomic E-state index is 11.8. The fourth-order valence-electron chi connectivity index (χ4n) is 1.26. The number of nitrogens with one attached hydrogen (secondary N) is 1. The molecule has 19 heavy (non-hydrogen) atoms. The highest BCUT2D eigenvalue weighted by atomic mass is 32.2. The summed E-state index contributed by atoms with van der Waals surface area (Å²) < 4.78 is 30.5. The first kappa shape index (κ1) is 16.0. The summed E-state index contributed by atoms with van der Waals surface area (Å²) in [5.74, 6) is -1.46. The lowest BCUT2D eigenvalue weighted by atomic mass is 10.1. The molecule has 0 aliphatic rings. The van der Waals surface area contributed by atoms with Gasteiger partial charge in [-0.25, -0.2) is 17.9 Å². The van der Waals surface area contributed by atoms with E-state index in [2.05, 4.69) is 4.72 Å². The fourth-order valence-corrected chi connectivity index (χ4v) is 3.08. The summed E-state index contributed by atoms with van der Waals surface area (Å²) in [5.41, 5.74) is -1.20. The van der Waals surface area contributed by atoms with Crippen molar-refractivity contribution in [3.8, 4) is 0 Å². The molecule has 9 heteroatoms. The first-order valence-corrected chi connectivity index (χ1v) is 8.10. The van der Waals surface area contributed by atoms with Crippen LogP contribution in [-0.4, -0.2) is 48.8 Å². The third-order valence-electron chi connectivity index (χ3n) is 2.16. The van der Waals surface area contributed by atoms with E-state index < -0.39 is 32.4 Å². The maximum atomic E-state index is 11.8. The lowest BCUT2D eigenvalue weighted by Crippen LogP contribution is -2.42. The van der Waals surface area contributed by atoms with Gasteiger partial charge in [-0.2, -0.15) is 11.8 Å². The van der Waals surface area contributed by atoms with Crippen LogP contribution < -0.4 is 4.72 Å². The van der Waals surface area contributed by atoms with Crippen molar-refractivity contribution in [1.82, 2.24) is 4.72 Å². The number of furan rings is 1. The molecule has 0 fully saturated rings. The van der Waals surface area contributed by atoms with Gasteiger partial charge >= 0.3 is 5.97 Å². The molecule has 0 amide bonds. The van der Waals surface area contributed by atoms with Gasteiger partial charge in [-0.1, -0.05) is 0 Å². The average molecular weight is 309 g/mol. The van der Waals surface area contributed by atoms with Crippen LogP contribution in [0.3, 0.4) is 0 Å². The second-order valence-corrected chi connectivity index (χ2v) is 6.74. The second-order valence-electron chi connectivity index (χ2n) is 4.18. The van der Waals surface area contributed by atoms with E-state index in [1.54, 1.807) is 6.26 Å². The zero-order chi connectivity index (χ0) is 14.7. The van der Waals surface area contributed by atoms with Gasteiger partial charge in [-0.3, -0.25) is 0 Å². The van der Waals surface area contributed by atoms with Gasteiger partial charge in [0.1, 0.15) is 0 Å². The normalized spacial score (nSPS) is 15.1. The molecule has 7 nitrogen and oxygen atoms in total. The molecule has 0 radical (unpaired) electrons. The number of carboxylic acid groups (broad SMARTS) is 1. The van der Waals surface area contributed by atoms with Gasteiger partial charge in [-0.05, 0) is 25.3 Å². The third-order valence-corrected chi connectivity index (χ3v) is 4.34. The van der Waals surface area contributed by atoms with Gasteiger partial charge in [0.25, 0.3) is 10.0 Å². The number of aliphatic hydroxyl groups is 1. The Labute approximate surface area is 115 Å². The monoisotopic (exact) mass is 309 g/mol. The van der Waals surface area contributed by atoms with Crippen molar-refractivity contribution in [2.24, 2.45) is 0 Å². The lowest BCUT2D eigenvalue weighted by Gasteiger charge is -2.21. The second kappa shape index (κ2) is 5.95. The zero-order valence-corrected chi connectivity index (χ0v) is 12.0. The summed E-state index contributed by atoms with van der Waals surface area (Å²) in [7, 11) is -3.97. The van der Waals surface area contributed by atoms with Gasteiger partial charge in [0, 0.05) is 12.3 Å². The Hall–Kier alpha value is -1.03. The summed E-state index contributed by atoms with van der Waals surface area (Å²) in [6, 6.07) is 2.10. The predicted molar refractivity (Wildman–Crippen MR) is 69.9 cm³/mol. The van der Waals surface area contributed by atoms with Crippen LogP contribution in [0.2, 0.25) is 0 Å². The van der Waals surface area contributed by atoms with E-state index in [1.165, 1.54) is 18.7 Å². The van der Waals surface area contributed by atoms with Crippen LogP contribution in [0.15, 0.2) is 21.6 Å². The molecular weight excluding hydrogens is 294 g/mol. The molecule has 1 aromatic heterocycles. The van der Waals surface area contributed by atoms with Crippen molar-refractivity contribution in [1.29, 1.82) is 0 Å². The van der Waals surface area contributed by atoms with Crippen LogP contribution in [0.25, 0.3) is 0 Å². The Morgan fingerprint density at radius 3 is 2.63 bits per heavy atom. The van der Waals surface area contributed by atoms with E-state index >= 15 is 0 Å². The number of hydrogen-bond acceptors (Lipinski definition) is 6. The smallest absolute Gasteiger partial charge is 0.371 e. The van der Waals surface area contributed by atoms with Crippen molar-refractivity contribution < 1.29 is 27.8 Å². The minimum absolute atomic E-state index is 0.195. The van der Waals surface area contributed by atoms with Gasteiger partial charge in [0.15, 0.2) is 0 Å². The topological polar surface area (TPSA) is 117 Å². The summed E-state index contributed by atoms with van der Waals surface area (Å²) in [4.78, 5) is 10.6. The van der Waals surface area contributed by atoms with E-state index in [0.717, 1.165) is 12.1 Å². The number of rotatable bonds is 7. The number of aromatic carboxylic acids is 1. The van der Waals surface area contributed by atoms with Crippen LogP contribution >= 0.6 is 11.8 Å². The SMILES string of the molecule is CSCC(C)(O)CNS(=O)(=O)c1ccc(C(=O)O)o1. The molecule has 1 unspecified atom stereocenters. The van der Waals surface area contributed by atoms with E-state index in [0.29, 0.717) is 5.75 Å². The molecule has 0 saturated carbocycles. The number of carbonyl (C=O) groups is 1. The van der Waals surface area contributed by atoms with Gasteiger partial charge in [0.2, 0.25) is 10.9 Å². The molecule has 1 heterocycles. The van der Waals surface area contributed by atoms with Crippen molar-refractivity contribution in [2.75, 3.05) is 18.6 Å². The van der Waals surface area contributed by atoms with E-state index in [9.17, 15) is 18.3 Å². The molecule has 0 aromatic carbocycles. The Morgan fingerprint density at radius 2 is 2.16 bits per heavy atom. The zero-order valence-electron chi connectivity index (χ0n) is 10.4. The van der Waals surface area contributed by atoms with Crippen LogP contribution in [0, 0.1) is 0 Å². The molecule has 0 aliphatic carbocycles. The highest BCUT2D eigenvalue weighted by Gasteiger charge is 2.26. The standard InChI is InChI=1S/C10H15NO6S2/c1-10(14,6-18-2)5-11-19(15,16)8-4-3-7(17-8)9(12)13/h3-4,11,14H,5-6H2,1-2H3,(H,12,13). The molecule has 3 N–H and O–H groups in total. The van der Waals surface area contributed by atoms with Crippen LogP contribution in [0.5, 0.6) is 0 Å². The predicted octanol–water partition coefficient (Wildman–Crippen LogP) is 0.370. The van der Waals surface area contributed by atoms with Crippen LogP contribution in [-0.2, 0) is 10.0 Å². The maximum Gasteiger partial charge on any atom is 0.371 e. The van der Waals surface area contributed by atoms with Crippen molar-refractivity contribution in [3.05, 3.63) is 17.9 Å². The first-order valence-electron chi connectivity index (χ1n) is 5.22. The summed E-state index contributed by atoms with van der Waals surface area (Å²) in [5, 5.41) is 18.0. The Balaban J connectivity index is 2.78. The number of thioether (sulfide) groups is 1. The van der Waals surface area contributed by atoms with E-state index in [-0.39, 0.29) is 6.54 Å². The first-order chi connectivity index (χ1) is 8.68. The van der Waals surface area contributed by atoms with Gasteiger partial charge in [0.05, 0.1) is 5.60 Å². The molecule has 108 valence electrons. The Kier molecular flexibility index (Phi) is 5.02. The highest BCUT2D eigenvalue weighted by Crippen LogP contribution is 2.15. The molecule has 1 rings (SSSR count). The largest absolute Gasteiger partial charge is 0.475 e. The number of sulfonamides is 1. The Morgan fingerprint density at radius 1 is 1.53 bits per heavy atom. The summed E-state index contributed by atoms with van der Waals surface area (Å²) in [6.07, 6.45) is 1.79. The Bertz CT molecular complexity index is 548. The molecule has 1 aromatic rings. The summed E-state index contributed by atoms with van der Waals surface area (Å²) in [6.45, 7) is 1.30. The van der Waals surface area contributed by atoms with Gasteiger partial charge < -0.3 is 14.6 Å². The minimum atomic E-state index is -3.97. The van der Waals surface area contributed by atoms with Gasteiger partial charge in [-0.15, -0.1) is 0 Å². The van der Waals surface area contributed by atoms with Crippen molar-refractivity contribution in [3.63, 3.8) is 0 Å². The quantitative estimate of drug-likeness (QED) is 0.666. The molecule has 0 saturated heterocycles. The minimum Gasteiger partial charge on any atom is -0.475 e. The molecule has 1 atom stereocenters. The molecular formula is C10H15NO6S2. The number of hydrogen-bond donors (Lipinski definition) is 3. The molecule has 0 aliphatic heterocycles. The van der Waals surface area contributed by atoms with Crippen LogP contribution in [0.4, 0.5) is 0 Å². The highest BCUT2D eigenvalue weighted by molar-refractivity contribution is 7.98. The van der Waals surface area contributed by atoms with Crippen molar-refractivity contribution in [2.45, 2.75) is 17.6 Å². The fraction of sp³-hybridized carbons (Fsp3) is 0.500. The van der Waals surface area contributed by atoms with E-state index in [1.807, 2.05) is 0 Å². The number of carboxylic acids is 1. The third kappa shape index (κ3) is 4.53. The van der Waals surface area contributed by atoms with E-state index in [4.69, 9.17) is 9.52 Å². The molecule has 0 spiro atoms. The lowest BCUT2D eigenvalue weighted by molar-refractivity contribution is 0.0655.